The summed E-state index contributed by atoms with van der Waals surface area (Å²) in [6.07, 6.45) is 6.72. The number of hydrogen-bond donors (Lipinski definition) is 0. The highest BCUT2D eigenvalue weighted by molar-refractivity contribution is 5.14. The molecule has 2 heteroatoms. The molecule has 0 saturated carbocycles. The molecule has 18 heavy (non-hydrogen) atoms. The lowest BCUT2D eigenvalue weighted by atomic mass is 10.1. The Bertz CT molecular complexity index is 319. The predicted octanol–water partition coefficient (Wildman–Crippen LogP) is 3.12. The highest BCUT2D eigenvalue weighted by Crippen LogP contribution is 2.16. The van der Waals surface area contributed by atoms with E-state index < -0.39 is 0 Å². The smallest absolute Gasteiger partial charge is 0.0576 e. The molecule has 100 valence electrons. The van der Waals surface area contributed by atoms with Gasteiger partial charge >= 0.3 is 0 Å². The molecule has 1 atom stereocenters. The van der Waals surface area contributed by atoms with Crippen molar-refractivity contribution in [2.24, 2.45) is 0 Å². The molecule has 1 aliphatic heterocycles. The number of likely N-dealkylation sites (N-methyl/N-ethyl adjacent to an activating group) is 1. The minimum Gasteiger partial charge on any atom is -0.378 e. The molecule has 1 fully saturated rings. The van der Waals surface area contributed by atoms with Crippen LogP contribution in [0.2, 0.25) is 0 Å². The second-order valence-electron chi connectivity index (χ2n) is 5.32. The van der Waals surface area contributed by atoms with Gasteiger partial charge in [0.15, 0.2) is 0 Å². The molecule has 1 aromatic carbocycles. The van der Waals surface area contributed by atoms with Crippen LogP contribution in [0.4, 0.5) is 0 Å². The van der Waals surface area contributed by atoms with Crippen molar-refractivity contribution < 1.29 is 4.74 Å². The van der Waals surface area contributed by atoms with Crippen LogP contribution < -0.4 is 0 Å². The molecule has 2 rings (SSSR count). The van der Waals surface area contributed by atoms with E-state index in [1.54, 1.807) is 0 Å². The van der Waals surface area contributed by atoms with Gasteiger partial charge < -0.3 is 9.64 Å². The van der Waals surface area contributed by atoms with E-state index in [1.807, 2.05) is 0 Å². The van der Waals surface area contributed by atoms with E-state index in [0.29, 0.717) is 6.10 Å². The summed E-state index contributed by atoms with van der Waals surface area (Å²) >= 11 is 0. The first-order chi connectivity index (χ1) is 8.84. The van der Waals surface area contributed by atoms with E-state index in [4.69, 9.17) is 4.74 Å². The molecule has 1 heterocycles. The maximum absolute atomic E-state index is 5.65. The summed E-state index contributed by atoms with van der Waals surface area (Å²) in [5.41, 5.74) is 1.43. The van der Waals surface area contributed by atoms with Crippen LogP contribution in [0.1, 0.15) is 31.2 Å². The number of rotatable bonds is 7. The quantitative estimate of drug-likeness (QED) is 0.734. The topological polar surface area (TPSA) is 12.5 Å². The average Bonchev–Trinajstić information content (AvgIpc) is 2.91. The first-order valence-electron chi connectivity index (χ1n) is 7.18. The number of benzene rings is 1. The van der Waals surface area contributed by atoms with Crippen molar-refractivity contribution in [1.29, 1.82) is 0 Å². The summed E-state index contributed by atoms with van der Waals surface area (Å²) in [4.78, 5) is 2.43. The van der Waals surface area contributed by atoms with Crippen LogP contribution in [0.5, 0.6) is 0 Å². The number of hydrogen-bond acceptors (Lipinski definition) is 2. The summed E-state index contributed by atoms with van der Waals surface area (Å²) in [5.74, 6) is 0. The second kappa shape index (κ2) is 7.55. The van der Waals surface area contributed by atoms with E-state index in [1.165, 1.54) is 37.8 Å². The first-order valence-corrected chi connectivity index (χ1v) is 7.18. The van der Waals surface area contributed by atoms with Gasteiger partial charge in [0.05, 0.1) is 6.10 Å². The Labute approximate surface area is 111 Å². The third-order valence-corrected chi connectivity index (χ3v) is 3.71. The Hall–Kier alpha value is -0.860. The third-order valence-electron chi connectivity index (χ3n) is 3.71. The zero-order valence-electron chi connectivity index (χ0n) is 11.5. The molecule has 1 unspecified atom stereocenters. The summed E-state index contributed by atoms with van der Waals surface area (Å²) in [6.45, 7) is 3.32. The van der Waals surface area contributed by atoms with Crippen LogP contribution in [0.3, 0.4) is 0 Å². The van der Waals surface area contributed by atoms with Gasteiger partial charge in [0.25, 0.3) is 0 Å². The van der Waals surface area contributed by atoms with Crippen molar-refractivity contribution in [3.8, 4) is 0 Å². The highest BCUT2D eigenvalue weighted by Gasteiger charge is 2.14. The zero-order valence-corrected chi connectivity index (χ0v) is 11.5. The van der Waals surface area contributed by atoms with E-state index in [0.717, 1.165) is 19.6 Å². The second-order valence-corrected chi connectivity index (χ2v) is 5.32. The molecular formula is C16H25NO. The monoisotopic (exact) mass is 247 g/mol. The molecule has 0 radical (unpaired) electrons. The van der Waals surface area contributed by atoms with Crippen molar-refractivity contribution in [3.05, 3.63) is 35.9 Å². The molecule has 0 bridgehead atoms. The minimum absolute atomic E-state index is 0.549. The van der Waals surface area contributed by atoms with Crippen LogP contribution in [0.25, 0.3) is 0 Å². The van der Waals surface area contributed by atoms with Gasteiger partial charge in [-0.1, -0.05) is 30.3 Å². The maximum Gasteiger partial charge on any atom is 0.0576 e. The van der Waals surface area contributed by atoms with Crippen LogP contribution in [-0.4, -0.2) is 37.7 Å². The van der Waals surface area contributed by atoms with Crippen molar-refractivity contribution in [2.75, 3.05) is 26.7 Å². The Kier molecular flexibility index (Phi) is 5.69. The summed E-state index contributed by atoms with van der Waals surface area (Å²) in [5, 5.41) is 0. The largest absolute Gasteiger partial charge is 0.378 e. The molecular weight excluding hydrogens is 222 g/mol. The SMILES string of the molecule is CN(CCCC1CCCO1)CCc1ccccc1. The standard InChI is InChI=1S/C16H25NO/c1-17(12-5-9-16-10-6-14-18-16)13-11-15-7-3-2-4-8-15/h2-4,7-8,16H,5-6,9-14H2,1H3. The number of ether oxygens (including phenoxy) is 1. The van der Waals surface area contributed by atoms with Crippen molar-refractivity contribution >= 4 is 0 Å². The predicted molar refractivity (Wildman–Crippen MR) is 75.9 cm³/mol. The Morgan fingerprint density at radius 2 is 2.06 bits per heavy atom. The molecule has 0 aliphatic carbocycles. The van der Waals surface area contributed by atoms with Gasteiger partial charge in [-0.05, 0) is 51.3 Å². The fourth-order valence-electron chi connectivity index (χ4n) is 2.54. The highest BCUT2D eigenvalue weighted by atomic mass is 16.5. The van der Waals surface area contributed by atoms with Crippen molar-refractivity contribution in [2.45, 2.75) is 38.2 Å². The van der Waals surface area contributed by atoms with Crippen LogP contribution in [-0.2, 0) is 11.2 Å². The molecule has 1 aliphatic rings. The Morgan fingerprint density at radius 1 is 1.22 bits per heavy atom. The molecule has 0 amide bonds. The first kappa shape index (κ1) is 13.6. The molecule has 0 aromatic heterocycles. The van der Waals surface area contributed by atoms with Gasteiger partial charge in [-0.2, -0.15) is 0 Å². The normalized spacial score (nSPS) is 19.6. The van der Waals surface area contributed by atoms with Crippen LogP contribution >= 0.6 is 0 Å². The van der Waals surface area contributed by atoms with E-state index >= 15 is 0 Å². The third kappa shape index (κ3) is 4.79. The van der Waals surface area contributed by atoms with Gasteiger partial charge in [-0.3, -0.25) is 0 Å². The fourth-order valence-corrected chi connectivity index (χ4v) is 2.54. The molecule has 0 spiro atoms. The molecule has 2 nitrogen and oxygen atoms in total. The average molecular weight is 247 g/mol. The minimum atomic E-state index is 0.549. The summed E-state index contributed by atoms with van der Waals surface area (Å²) in [7, 11) is 2.22. The van der Waals surface area contributed by atoms with E-state index in [9.17, 15) is 0 Å². The lowest BCUT2D eigenvalue weighted by Crippen LogP contribution is -2.23. The van der Waals surface area contributed by atoms with Gasteiger partial charge in [0, 0.05) is 13.2 Å². The summed E-state index contributed by atoms with van der Waals surface area (Å²) in [6, 6.07) is 10.7. The summed E-state index contributed by atoms with van der Waals surface area (Å²) < 4.78 is 5.65. The van der Waals surface area contributed by atoms with Gasteiger partial charge in [-0.15, -0.1) is 0 Å². The lowest BCUT2D eigenvalue weighted by molar-refractivity contribution is 0.0997. The van der Waals surface area contributed by atoms with Gasteiger partial charge in [-0.25, -0.2) is 0 Å². The van der Waals surface area contributed by atoms with E-state index in [2.05, 4.69) is 42.3 Å². The maximum atomic E-state index is 5.65. The van der Waals surface area contributed by atoms with Crippen molar-refractivity contribution in [1.82, 2.24) is 4.90 Å². The van der Waals surface area contributed by atoms with Crippen LogP contribution in [0, 0.1) is 0 Å². The molecule has 0 N–H and O–H groups in total. The zero-order chi connectivity index (χ0) is 12.6. The van der Waals surface area contributed by atoms with Gasteiger partial charge in [0.1, 0.15) is 0 Å². The van der Waals surface area contributed by atoms with E-state index in [-0.39, 0.29) is 0 Å². The number of nitrogens with zero attached hydrogens (tertiary/aromatic N) is 1. The Morgan fingerprint density at radius 3 is 2.78 bits per heavy atom. The fraction of sp³-hybridized carbons (Fsp3) is 0.625. The van der Waals surface area contributed by atoms with Gasteiger partial charge in [0.2, 0.25) is 0 Å². The molecule has 1 aromatic rings. The van der Waals surface area contributed by atoms with Crippen molar-refractivity contribution in [3.63, 3.8) is 0 Å². The Balaban J connectivity index is 1.56. The lowest BCUT2D eigenvalue weighted by Gasteiger charge is -2.17. The van der Waals surface area contributed by atoms with Crippen LogP contribution in [0.15, 0.2) is 30.3 Å². The molecule has 1 saturated heterocycles.